The monoisotopic (exact) mass is 263 g/mol. The molecule has 1 aliphatic rings. The fourth-order valence-electron chi connectivity index (χ4n) is 2.66. The average Bonchev–Trinajstić information content (AvgIpc) is 2.39. The normalized spacial score (nSPS) is 17.3. The Morgan fingerprint density at radius 2 is 2.22 bits per heavy atom. The van der Waals surface area contributed by atoms with E-state index in [4.69, 9.17) is 11.6 Å². The van der Waals surface area contributed by atoms with E-state index < -0.39 is 0 Å². The Morgan fingerprint density at radius 3 is 2.89 bits per heavy atom. The summed E-state index contributed by atoms with van der Waals surface area (Å²) in [6.45, 7) is 3.19. The molecule has 18 heavy (non-hydrogen) atoms. The standard InChI is InChI=1S/C16H22ClN/c1-2-18-16(14-8-4-3-5-9-14)12-13-7-6-10-15(17)11-13/h6-8,10-11,16,18H,2-5,9,12H2,1H3. The fourth-order valence-corrected chi connectivity index (χ4v) is 2.87. The first-order valence-electron chi connectivity index (χ1n) is 6.96. The van der Waals surface area contributed by atoms with E-state index in [0.29, 0.717) is 6.04 Å². The summed E-state index contributed by atoms with van der Waals surface area (Å²) in [5.74, 6) is 0. The lowest BCUT2D eigenvalue weighted by Crippen LogP contribution is -2.33. The van der Waals surface area contributed by atoms with Gasteiger partial charge in [0.1, 0.15) is 0 Å². The SMILES string of the molecule is CCNC(Cc1cccc(Cl)c1)C1=CCCCC1. The second-order valence-corrected chi connectivity index (χ2v) is 5.41. The Kier molecular flexibility index (Phi) is 5.27. The lowest BCUT2D eigenvalue weighted by molar-refractivity contribution is 0.541. The van der Waals surface area contributed by atoms with Gasteiger partial charge in [0.15, 0.2) is 0 Å². The van der Waals surface area contributed by atoms with Gasteiger partial charge in [-0.3, -0.25) is 0 Å². The minimum Gasteiger partial charge on any atom is -0.310 e. The van der Waals surface area contributed by atoms with E-state index in [9.17, 15) is 0 Å². The minimum absolute atomic E-state index is 0.480. The third kappa shape index (κ3) is 3.86. The zero-order chi connectivity index (χ0) is 12.8. The molecular formula is C16H22ClN. The van der Waals surface area contributed by atoms with Crippen LogP contribution in [-0.2, 0) is 6.42 Å². The van der Waals surface area contributed by atoms with Gasteiger partial charge in [-0.05, 0) is 56.3 Å². The van der Waals surface area contributed by atoms with Gasteiger partial charge >= 0.3 is 0 Å². The molecule has 0 saturated carbocycles. The number of rotatable bonds is 5. The Balaban J connectivity index is 2.08. The quantitative estimate of drug-likeness (QED) is 0.779. The van der Waals surface area contributed by atoms with Crippen molar-refractivity contribution < 1.29 is 0 Å². The van der Waals surface area contributed by atoms with Crippen molar-refractivity contribution in [1.29, 1.82) is 0 Å². The summed E-state index contributed by atoms with van der Waals surface area (Å²) >= 11 is 6.06. The van der Waals surface area contributed by atoms with Crippen molar-refractivity contribution in [2.45, 2.75) is 45.1 Å². The summed E-state index contributed by atoms with van der Waals surface area (Å²) in [5.41, 5.74) is 2.91. The van der Waals surface area contributed by atoms with E-state index in [1.807, 2.05) is 12.1 Å². The molecular weight excluding hydrogens is 242 g/mol. The van der Waals surface area contributed by atoms with Crippen molar-refractivity contribution >= 4 is 11.6 Å². The molecule has 0 fully saturated rings. The van der Waals surface area contributed by atoms with Gasteiger partial charge in [0.2, 0.25) is 0 Å². The van der Waals surface area contributed by atoms with Crippen LogP contribution >= 0.6 is 11.6 Å². The van der Waals surface area contributed by atoms with Crippen LogP contribution < -0.4 is 5.32 Å². The maximum atomic E-state index is 6.06. The van der Waals surface area contributed by atoms with Crippen molar-refractivity contribution in [3.05, 3.63) is 46.5 Å². The summed E-state index contributed by atoms with van der Waals surface area (Å²) in [4.78, 5) is 0. The lowest BCUT2D eigenvalue weighted by Gasteiger charge is -2.24. The second kappa shape index (κ2) is 6.96. The highest BCUT2D eigenvalue weighted by Gasteiger charge is 2.15. The number of nitrogens with one attached hydrogen (secondary N) is 1. The Labute approximate surface area is 115 Å². The highest BCUT2D eigenvalue weighted by Crippen LogP contribution is 2.23. The number of hydrogen-bond donors (Lipinski definition) is 1. The fraction of sp³-hybridized carbons (Fsp3) is 0.500. The molecule has 2 heteroatoms. The van der Waals surface area contributed by atoms with Crippen LogP contribution in [0, 0.1) is 0 Å². The number of halogens is 1. The molecule has 1 atom stereocenters. The highest BCUT2D eigenvalue weighted by molar-refractivity contribution is 6.30. The molecule has 1 aromatic carbocycles. The molecule has 2 rings (SSSR count). The predicted molar refractivity (Wildman–Crippen MR) is 79.2 cm³/mol. The third-order valence-electron chi connectivity index (χ3n) is 3.55. The van der Waals surface area contributed by atoms with Gasteiger partial charge in [-0.2, -0.15) is 0 Å². The zero-order valence-corrected chi connectivity index (χ0v) is 11.8. The zero-order valence-electron chi connectivity index (χ0n) is 11.1. The Bertz CT molecular complexity index is 411. The van der Waals surface area contributed by atoms with E-state index in [1.165, 1.54) is 31.2 Å². The number of benzene rings is 1. The molecule has 1 unspecified atom stereocenters. The summed E-state index contributed by atoms with van der Waals surface area (Å²) in [6.07, 6.45) is 8.65. The molecule has 0 amide bonds. The van der Waals surface area contributed by atoms with Crippen LogP contribution in [0.3, 0.4) is 0 Å². The first-order chi connectivity index (χ1) is 8.79. The van der Waals surface area contributed by atoms with E-state index in [1.54, 1.807) is 5.57 Å². The van der Waals surface area contributed by atoms with Crippen molar-refractivity contribution in [3.63, 3.8) is 0 Å². The summed E-state index contributed by atoms with van der Waals surface area (Å²) in [6, 6.07) is 8.70. The van der Waals surface area contributed by atoms with Gasteiger partial charge in [0, 0.05) is 11.1 Å². The maximum absolute atomic E-state index is 6.06. The first kappa shape index (κ1) is 13.6. The Morgan fingerprint density at radius 1 is 1.33 bits per heavy atom. The third-order valence-corrected chi connectivity index (χ3v) is 3.79. The minimum atomic E-state index is 0.480. The maximum Gasteiger partial charge on any atom is 0.0408 e. The van der Waals surface area contributed by atoms with E-state index in [0.717, 1.165) is 18.0 Å². The van der Waals surface area contributed by atoms with Gasteiger partial charge in [-0.25, -0.2) is 0 Å². The number of hydrogen-bond acceptors (Lipinski definition) is 1. The molecule has 0 bridgehead atoms. The van der Waals surface area contributed by atoms with Crippen LogP contribution in [0.25, 0.3) is 0 Å². The predicted octanol–water partition coefficient (Wildman–Crippen LogP) is 4.36. The Hall–Kier alpha value is -0.790. The molecule has 1 N–H and O–H groups in total. The van der Waals surface area contributed by atoms with Crippen LogP contribution in [0.1, 0.15) is 38.2 Å². The van der Waals surface area contributed by atoms with Crippen molar-refractivity contribution in [1.82, 2.24) is 5.32 Å². The highest BCUT2D eigenvalue weighted by atomic mass is 35.5. The van der Waals surface area contributed by atoms with Crippen LogP contribution in [0.5, 0.6) is 0 Å². The average molecular weight is 264 g/mol. The topological polar surface area (TPSA) is 12.0 Å². The summed E-state index contributed by atoms with van der Waals surface area (Å²) in [7, 11) is 0. The second-order valence-electron chi connectivity index (χ2n) is 4.97. The van der Waals surface area contributed by atoms with Crippen molar-refractivity contribution in [2.75, 3.05) is 6.54 Å². The van der Waals surface area contributed by atoms with Gasteiger partial charge in [0.25, 0.3) is 0 Å². The smallest absolute Gasteiger partial charge is 0.0408 e. The van der Waals surface area contributed by atoms with E-state index in [2.05, 4.69) is 30.4 Å². The van der Waals surface area contributed by atoms with Gasteiger partial charge in [-0.15, -0.1) is 0 Å². The van der Waals surface area contributed by atoms with Gasteiger partial charge in [-0.1, -0.05) is 42.3 Å². The van der Waals surface area contributed by atoms with Gasteiger partial charge < -0.3 is 5.32 Å². The molecule has 0 aromatic heterocycles. The van der Waals surface area contributed by atoms with E-state index in [-0.39, 0.29) is 0 Å². The molecule has 0 saturated heterocycles. The summed E-state index contributed by atoms with van der Waals surface area (Å²) < 4.78 is 0. The summed E-state index contributed by atoms with van der Waals surface area (Å²) in [5, 5.41) is 4.44. The van der Waals surface area contributed by atoms with Crippen molar-refractivity contribution in [2.24, 2.45) is 0 Å². The molecule has 98 valence electrons. The molecule has 0 spiro atoms. The first-order valence-corrected chi connectivity index (χ1v) is 7.34. The van der Waals surface area contributed by atoms with Crippen LogP contribution in [-0.4, -0.2) is 12.6 Å². The van der Waals surface area contributed by atoms with Crippen LogP contribution in [0.15, 0.2) is 35.9 Å². The largest absolute Gasteiger partial charge is 0.310 e. The molecule has 0 radical (unpaired) electrons. The van der Waals surface area contributed by atoms with Crippen LogP contribution in [0.2, 0.25) is 5.02 Å². The van der Waals surface area contributed by atoms with Crippen LogP contribution in [0.4, 0.5) is 0 Å². The van der Waals surface area contributed by atoms with E-state index >= 15 is 0 Å². The molecule has 0 aliphatic heterocycles. The lowest BCUT2D eigenvalue weighted by atomic mass is 9.90. The molecule has 0 heterocycles. The number of allylic oxidation sites excluding steroid dienone is 1. The molecule has 1 nitrogen and oxygen atoms in total. The van der Waals surface area contributed by atoms with Crippen molar-refractivity contribution in [3.8, 4) is 0 Å². The van der Waals surface area contributed by atoms with Gasteiger partial charge in [0.05, 0.1) is 0 Å². The molecule has 1 aromatic rings. The molecule has 1 aliphatic carbocycles. The number of likely N-dealkylation sites (N-methyl/N-ethyl adjacent to an activating group) is 1.